The van der Waals surface area contributed by atoms with Gasteiger partial charge in [-0.2, -0.15) is 0 Å². The molecule has 0 heterocycles. The lowest BCUT2D eigenvalue weighted by atomic mass is 9.87. The molecule has 0 radical (unpaired) electrons. The molecule has 0 aliphatic heterocycles. The van der Waals surface area contributed by atoms with Crippen LogP contribution in [0.4, 0.5) is 11.4 Å². The van der Waals surface area contributed by atoms with E-state index in [9.17, 15) is 0 Å². The lowest BCUT2D eigenvalue weighted by Gasteiger charge is -2.39. The molecule has 0 fully saturated rings. The molecule has 1 heteroatoms. The highest BCUT2D eigenvalue weighted by molar-refractivity contribution is 5.68. The van der Waals surface area contributed by atoms with Gasteiger partial charge in [-0.1, -0.05) is 51.1 Å². The summed E-state index contributed by atoms with van der Waals surface area (Å²) in [7, 11) is 0. The number of benzene rings is 2. The molecule has 0 bridgehead atoms. The van der Waals surface area contributed by atoms with E-state index in [1.807, 2.05) is 0 Å². The zero-order valence-electron chi connectivity index (χ0n) is 15.1. The maximum absolute atomic E-state index is 2.43. The Balaban J connectivity index is 2.50. The standard InChI is InChI=1S/C21H29N/c1-16-10-8-9-11-19(16)22(21(5,6)7)18-14-12-17(13-15-18)20(2,3)4/h8-15H,1-7H3. The monoisotopic (exact) mass is 295 g/mol. The van der Waals surface area contributed by atoms with Crippen molar-refractivity contribution in [1.82, 2.24) is 0 Å². The topological polar surface area (TPSA) is 3.24 Å². The van der Waals surface area contributed by atoms with E-state index in [1.165, 1.54) is 22.5 Å². The Labute approximate surface area is 136 Å². The van der Waals surface area contributed by atoms with Gasteiger partial charge in [-0.25, -0.2) is 0 Å². The highest BCUT2D eigenvalue weighted by Crippen LogP contribution is 2.36. The third-order valence-electron chi connectivity index (χ3n) is 4.02. The first-order valence-corrected chi connectivity index (χ1v) is 8.07. The molecule has 0 N–H and O–H groups in total. The molecule has 0 aliphatic carbocycles. The number of anilines is 2. The highest BCUT2D eigenvalue weighted by Gasteiger charge is 2.25. The molecule has 0 aliphatic rings. The van der Waals surface area contributed by atoms with Crippen molar-refractivity contribution in [3.05, 3.63) is 59.7 Å². The summed E-state index contributed by atoms with van der Waals surface area (Å²) in [6.45, 7) is 15.7. The molecule has 0 saturated carbocycles. The van der Waals surface area contributed by atoms with E-state index in [0.717, 1.165) is 0 Å². The second-order valence-electron chi connectivity index (χ2n) is 8.09. The van der Waals surface area contributed by atoms with Crippen molar-refractivity contribution in [2.24, 2.45) is 0 Å². The van der Waals surface area contributed by atoms with Crippen LogP contribution in [0, 0.1) is 6.92 Å². The van der Waals surface area contributed by atoms with Gasteiger partial charge in [0.1, 0.15) is 0 Å². The Bertz CT molecular complexity index is 624. The van der Waals surface area contributed by atoms with Crippen LogP contribution in [-0.4, -0.2) is 5.54 Å². The second-order valence-corrected chi connectivity index (χ2v) is 8.09. The average Bonchev–Trinajstić information content (AvgIpc) is 2.39. The van der Waals surface area contributed by atoms with Crippen molar-refractivity contribution in [3.8, 4) is 0 Å². The Morgan fingerprint density at radius 3 is 1.73 bits per heavy atom. The fourth-order valence-electron chi connectivity index (χ4n) is 2.81. The minimum Gasteiger partial charge on any atom is -0.336 e. The van der Waals surface area contributed by atoms with Crippen LogP contribution in [0.2, 0.25) is 0 Å². The third kappa shape index (κ3) is 3.52. The average molecular weight is 295 g/mol. The molecule has 2 aromatic rings. The summed E-state index contributed by atoms with van der Waals surface area (Å²) in [6, 6.07) is 17.6. The highest BCUT2D eigenvalue weighted by atomic mass is 15.2. The van der Waals surface area contributed by atoms with Crippen molar-refractivity contribution in [2.45, 2.75) is 59.4 Å². The molecule has 0 unspecified atom stereocenters. The largest absolute Gasteiger partial charge is 0.336 e. The summed E-state index contributed by atoms with van der Waals surface area (Å²) >= 11 is 0. The van der Waals surface area contributed by atoms with Gasteiger partial charge in [0.15, 0.2) is 0 Å². The van der Waals surface area contributed by atoms with Gasteiger partial charge in [0, 0.05) is 16.9 Å². The maximum Gasteiger partial charge on any atom is 0.0445 e. The van der Waals surface area contributed by atoms with Crippen LogP contribution in [0.3, 0.4) is 0 Å². The molecule has 0 amide bonds. The molecule has 2 aromatic carbocycles. The molecule has 2 rings (SSSR count). The third-order valence-corrected chi connectivity index (χ3v) is 4.02. The number of rotatable bonds is 2. The van der Waals surface area contributed by atoms with Gasteiger partial charge in [0.25, 0.3) is 0 Å². The first kappa shape index (κ1) is 16.6. The van der Waals surface area contributed by atoms with Crippen LogP contribution in [0.15, 0.2) is 48.5 Å². The van der Waals surface area contributed by atoms with Gasteiger partial charge in [0.05, 0.1) is 0 Å². The van der Waals surface area contributed by atoms with Crippen LogP contribution in [0.1, 0.15) is 52.7 Å². The zero-order chi connectivity index (χ0) is 16.5. The SMILES string of the molecule is Cc1ccccc1N(c1ccc(C(C)(C)C)cc1)C(C)(C)C. The first-order valence-electron chi connectivity index (χ1n) is 8.07. The van der Waals surface area contributed by atoms with Gasteiger partial charge in [-0.3, -0.25) is 0 Å². The molecule has 0 spiro atoms. The van der Waals surface area contributed by atoms with Crippen LogP contribution in [-0.2, 0) is 5.41 Å². The maximum atomic E-state index is 2.43. The van der Waals surface area contributed by atoms with Crippen molar-refractivity contribution in [3.63, 3.8) is 0 Å². The summed E-state index contributed by atoms with van der Waals surface area (Å²) in [5, 5.41) is 0. The molecule has 118 valence electrons. The van der Waals surface area contributed by atoms with E-state index in [2.05, 4.69) is 102 Å². The number of hydrogen-bond acceptors (Lipinski definition) is 1. The summed E-state index contributed by atoms with van der Waals surface area (Å²) in [5.41, 5.74) is 5.41. The summed E-state index contributed by atoms with van der Waals surface area (Å²) in [6.07, 6.45) is 0. The van der Waals surface area contributed by atoms with Crippen LogP contribution in [0.25, 0.3) is 0 Å². The van der Waals surface area contributed by atoms with E-state index in [1.54, 1.807) is 0 Å². The van der Waals surface area contributed by atoms with Crippen LogP contribution < -0.4 is 4.90 Å². The van der Waals surface area contributed by atoms with Crippen molar-refractivity contribution in [1.29, 1.82) is 0 Å². The Morgan fingerprint density at radius 2 is 1.27 bits per heavy atom. The van der Waals surface area contributed by atoms with E-state index in [4.69, 9.17) is 0 Å². The fraction of sp³-hybridized carbons (Fsp3) is 0.429. The predicted molar refractivity (Wildman–Crippen MR) is 98.2 cm³/mol. The Hall–Kier alpha value is -1.76. The molecule has 0 atom stereocenters. The zero-order valence-corrected chi connectivity index (χ0v) is 15.1. The number of hydrogen-bond donors (Lipinski definition) is 0. The molecule has 1 nitrogen and oxygen atoms in total. The molecule has 0 aromatic heterocycles. The van der Waals surface area contributed by atoms with E-state index >= 15 is 0 Å². The van der Waals surface area contributed by atoms with E-state index < -0.39 is 0 Å². The summed E-state index contributed by atoms with van der Waals surface area (Å²) in [5.74, 6) is 0. The normalized spacial score (nSPS) is 12.3. The van der Waals surface area contributed by atoms with Gasteiger partial charge in [-0.05, 0) is 62.4 Å². The quantitative estimate of drug-likeness (QED) is 0.635. The minimum absolute atomic E-state index is 0.0232. The Kier molecular flexibility index (Phi) is 4.37. The van der Waals surface area contributed by atoms with Gasteiger partial charge >= 0.3 is 0 Å². The van der Waals surface area contributed by atoms with Crippen molar-refractivity contribution in [2.75, 3.05) is 4.90 Å². The minimum atomic E-state index is 0.0232. The lowest BCUT2D eigenvalue weighted by Crippen LogP contribution is -2.38. The van der Waals surface area contributed by atoms with Crippen LogP contribution in [0.5, 0.6) is 0 Å². The fourth-order valence-corrected chi connectivity index (χ4v) is 2.81. The van der Waals surface area contributed by atoms with Gasteiger partial charge in [0.2, 0.25) is 0 Å². The molecular formula is C21H29N. The van der Waals surface area contributed by atoms with Crippen molar-refractivity contribution >= 4 is 11.4 Å². The molecule has 22 heavy (non-hydrogen) atoms. The smallest absolute Gasteiger partial charge is 0.0445 e. The van der Waals surface area contributed by atoms with Gasteiger partial charge < -0.3 is 4.90 Å². The predicted octanol–water partition coefficient (Wildman–Crippen LogP) is 6.23. The van der Waals surface area contributed by atoms with E-state index in [0.29, 0.717) is 0 Å². The lowest BCUT2D eigenvalue weighted by molar-refractivity contribution is 0.558. The number of para-hydroxylation sites is 1. The summed E-state index contributed by atoms with van der Waals surface area (Å²) in [4.78, 5) is 2.43. The number of aryl methyl sites for hydroxylation is 1. The van der Waals surface area contributed by atoms with E-state index in [-0.39, 0.29) is 11.0 Å². The van der Waals surface area contributed by atoms with Gasteiger partial charge in [-0.15, -0.1) is 0 Å². The first-order chi connectivity index (χ1) is 10.1. The Morgan fingerprint density at radius 1 is 0.727 bits per heavy atom. The molecule has 0 saturated heterocycles. The second kappa shape index (κ2) is 5.79. The summed E-state index contributed by atoms with van der Waals surface area (Å²) < 4.78 is 0. The van der Waals surface area contributed by atoms with Crippen LogP contribution >= 0.6 is 0 Å². The number of nitrogens with zero attached hydrogens (tertiary/aromatic N) is 1. The molecular weight excluding hydrogens is 266 g/mol. The van der Waals surface area contributed by atoms with Crippen molar-refractivity contribution < 1.29 is 0 Å².